The average Bonchev–Trinajstić information content (AvgIpc) is 2.51. The zero-order valence-electron chi connectivity index (χ0n) is 9.92. The molecule has 1 saturated carbocycles. The third-order valence-corrected chi connectivity index (χ3v) is 4.05. The third kappa shape index (κ3) is 1.27. The zero-order valence-corrected chi connectivity index (χ0v) is 9.92. The highest BCUT2D eigenvalue weighted by Crippen LogP contribution is 2.62. The van der Waals surface area contributed by atoms with Gasteiger partial charge in [0.25, 0.3) is 0 Å². The Morgan fingerprint density at radius 3 is 2.00 bits per heavy atom. The maximum atomic E-state index is 12.0. The standard InChI is InChI=1S/C12H21NO/c1-11(2,3)10(14)13-6-8-9(7-13)12(8,4)5/h8-9H,6-7H2,1-5H3. The number of hydrogen-bond donors (Lipinski definition) is 0. The van der Waals surface area contributed by atoms with Gasteiger partial charge in [0, 0.05) is 18.5 Å². The van der Waals surface area contributed by atoms with Gasteiger partial charge in [-0.15, -0.1) is 0 Å². The van der Waals surface area contributed by atoms with Gasteiger partial charge in [-0.05, 0) is 17.3 Å². The Kier molecular flexibility index (Phi) is 1.81. The molecule has 80 valence electrons. The molecule has 0 bridgehead atoms. The summed E-state index contributed by atoms with van der Waals surface area (Å²) in [5.41, 5.74) is 0.301. The summed E-state index contributed by atoms with van der Waals surface area (Å²) >= 11 is 0. The summed E-state index contributed by atoms with van der Waals surface area (Å²) in [7, 11) is 0. The van der Waals surface area contributed by atoms with Crippen LogP contribution in [0.15, 0.2) is 0 Å². The highest BCUT2D eigenvalue weighted by molar-refractivity contribution is 5.82. The minimum atomic E-state index is -0.207. The fourth-order valence-corrected chi connectivity index (χ4v) is 2.77. The van der Waals surface area contributed by atoms with Gasteiger partial charge >= 0.3 is 0 Å². The molecule has 1 heterocycles. The normalized spacial score (nSPS) is 34.2. The summed E-state index contributed by atoms with van der Waals surface area (Å²) in [4.78, 5) is 14.0. The zero-order chi connectivity index (χ0) is 10.7. The molecule has 0 N–H and O–H groups in total. The van der Waals surface area contributed by atoms with Gasteiger partial charge in [0.05, 0.1) is 0 Å². The van der Waals surface area contributed by atoms with Gasteiger partial charge in [-0.2, -0.15) is 0 Å². The van der Waals surface area contributed by atoms with Crippen molar-refractivity contribution < 1.29 is 4.79 Å². The van der Waals surface area contributed by atoms with E-state index >= 15 is 0 Å². The van der Waals surface area contributed by atoms with Crippen LogP contribution in [0.3, 0.4) is 0 Å². The summed E-state index contributed by atoms with van der Waals surface area (Å²) in [5.74, 6) is 1.86. The molecular formula is C12H21NO. The Hall–Kier alpha value is -0.530. The molecular weight excluding hydrogens is 174 g/mol. The lowest BCUT2D eigenvalue weighted by molar-refractivity contribution is -0.139. The first kappa shape index (κ1) is 10.0. The molecule has 1 aliphatic heterocycles. The van der Waals surface area contributed by atoms with E-state index in [4.69, 9.17) is 0 Å². The van der Waals surface area contributed by atoms with Gasteiger partial charge in [0.1, 0.15) is 0 Å². The quantitative estimate of drug-likeness (QED) is 0.580. The molecule has 14 heavy (non-hydrogen) atoms. The van der Waals surface area contributed by atoms with Gasteiger partial charge in [-0.3, -0.25) is 4.79 Å². The minimum Gasteiger partial charge on any atom is -0.342 e. The van der Waals surface area contributed by atoms with Gasteiger partial charge in [0.15, 0.2) is 0 Å². The molecule has 1 amide bonds. The maximum absolute atomic E-state index is 12.0. The largest absolute Gasteiger partial charge is 0.342 e. The van der Waals surface area contributed by atoms with Crippen molar-refractivity contribution in [3.8, 4) is 0 Å². The van der Waals surface area contributed by atoms with Gasteiger partial charge in [0.2, 0.25) is 5.91 Å². The van der Waals surface area contributed by atoms with Crippen LogP contribution in [0.25, 0.3) is 0 Å². The molecule has 2 fully saturated rings. The minimum absolute atomic E-state index is 0.207. The molecule has 2 nitrogen and oxygen atoms in total. The van der Waals surface area contributed by atoms with E-state index in [-0.39, 0.29) is 5.41 Å². The number of rotatable bonds is 0. The van der Waals surface area contributed by atoms with Crippen LogP contribution < -0.4 is 0 Å². The summed E-state index contributed by atoms with van der Waals surface area (Å²) in [6.45, 7) is 12.6. The van der Waals surface area contributed by atoms with Crippen LogP contribution in [-0.2, 0) is 4.79 Å². The van der Waals surface area contributed by atoms with Crippen LogP contribution >= 0.6 is 0 Å². The van der Waals surface area contributed by atoms with Crippen molar-refractivity contribution in [1.82, 2.24) is 4.90 Å². The molecule has 2 atom stereocenters. The van der Waals surface area contributed by atoms with E-state index in [1.165, 1.54) is 0 Å². The predicted octanol–water partition coefficient (Wildman–Crippen LogP) is 2.15. The first-order valence-corrected chi connectivity index (χ1v) is 5.54. The van der Waals surface area contributed by atoms with Gasteiger partial charge in [-0.1, -0.05) is 34.6 Å². The number of carbonyl (C=O) groups is 1. The predicted molar refractivity (Wildman–Crippen MR) is 56.8 cm³/mol. The molecule has 0 aromatic rings. The van der Waals surface area contributed by atoms with E-state index in [9.17, 15) is 4.79 Å². The summed E-state index contributed by atoms with van der Waals surface area (Å²) in [6, 6.07) is 0. The second-order valence-corrected chi connectivity index (χ2v) is 6.49. The first-order valence-electron chi connectivity index (χ1n) is 5.54. The number of nitrogens with zero attached hydrogens (tertiary/aromatic N) is 1. The van der Waals surface area contributed by atoms with E-state index in [2.05, 4.69) is 18.7 Å². The van der Waals surface area contributed by atoms with Crippen LogP contribution in [0.4, 0.5) is 0 Å². The molecule has 0 aromatic heterocycles. The van der Waals surface area contributed by atoms with E-state index < -0.39 is 0 Å². The van der Waals surface area contributed by atoms with Crippen LogP contribution in [0, 0.1) is 22.7 Å². The van der Waals surface area contributed by atoms with Gasteiger partial charge in [-0.25, -0.2) is 0 Å². The van der Waals surface area contributed by atoms with Gasteiger partial charge < -0.3 is 4.90 Å². The van der Waals surface area contributed by atoms with E-state index in [0.717, 1.165) is 24.9 Å². The lowest BCUT2D eigenvalue weighted by atomic mass is 9.94. The second-order valence-electron chi connectivity index (χ2n) is 6.49. The molecule has 2 unspecified atom stereocenters. The first-order chi connectivity index (χ1) is 6.24. The van der Waals surface area contributed by atoms with E-state index in [1.54, 1.807) is 0 Å². The third-order valence-electron chi connectivity index (χ3n) is 4.05. The summed E-state index contributed by atoms with van der Waals surface area (Å²) in [5, 5.41) is 0. The number of fused-ring (bicyclic) bond motifs is 1. The maximum Gasteiger partial charge on any atom is 0.227 e. The van der Waals surface area contributed by atoms with Crippen molar-refractivity contribution in [1.29, 1.82) is 0 Å². The fraction of sp³-hybridized carbons (Fsp3) is 0.917. The smallest absolute Gasteiger partial charge is 0.227 e. The SMILES string of the molecule is CC(C)(C)C(=O)N1CC2C(C1)C2(C)C. The number of likely N-dealkylation sites (tertiary alicyclic amines) is 1. The molecule has 1 saturated heterocycles. The van der Waals surface area contributed by atoms with Crippen molar-refractivity contribution in [2.75, 3.05) is 13.1 Å². The number of piperidine rings is 1. The Morgan fingerprint density at radius 1 is 1.21 bits per heavy atom. The van der Waals surface area contributed by atoms with Crippen LogP contribution in [0.1, 0.15) is 34.6 Å². The number of carbonyl (C=O) groups excluding carboxylic acids is 1. The molecule has 0 spiro atoms. The van der Waals surface area contributed by atoms with Crippen molar-refractivity contribution >= 4 is 5.91 Å². The monoisotopic (exact) mass is 195 g/mol. The van der Waals surface area contributed by atoms with Crippen molar-refractivity contribution in [2.45, 2.75) is 34.6 Å². The molecule has 0 radical (unpaired) electrons. The lowest BCUT2D eigenvalue weighted by Crippen LogP contribution is -2.40. The molecule has 0 aromatic carbocycles. The van der Waals surface area contributed by atoms with E-state index in [1.807, 2.05) is 20.8 Å². The second kappa shape index (κ2) is 2.53. The number of amides is 1. The number of hydrogen-bond acceptors (Lipinski definition) is 1. The van der Waals surface area contributed by atoms with Crippen LogP contribution in [0.5, 0.6) is 0 Å². The van der Waals surface area contributed by atoms with Crippen LogP contribution in [-0.4, -0.2) is 23.9 Å². The Morgan fingerprint density at radius 2 is 1.64 bits per heavy atom. The Labute approximate surface area is 86.7 Å². The highest BCUT2D eigenvalue weighted by atomic mass is 16.2. The lowest BCUT2D eigenvalue weighted by Gasteiger charge is -2.28. The van der Waals surface area contributed by atoms with E-state index in [0.29, 0.717) is 11.3 Å². The Bertz CT molecular complexity index is 261. The average molecular weight is 195 g/mol. The summed E-state index contributed by atoms with van der Waals surface area (Å²) in [6.07, 6.45) is 0. The Balaban J connectivity index is 1.98. The molecule has 2 rings (SSSR count). The van der Waals surface area contributed by atoms with Crippen molar-refractivity contribution in [3.63, 3.8) is 0 Å². The fourth-order valence-electron chi connectivity index (χ4n) is 2.77. The molecule has 2 heteroatoms. The molecule has 1 aliphatic carbocycles. The summed E-state index contributed by atoms with van der Waals surface area (Å²) < 4.78 is 0. The van der Waals surface area contributed by atoms with Crippen LogP contribution in [0.2, 0.25) is 0 Å². The molecule has 2 aliphatic rings. The van der Waals surface area contributed by atoms with Crippen molar-refractivity contribution in [3.05, 3.63) is 0 Å². The van der Waals surface area contributed by atoms with Crippen molar-refractivity contribution in [2.24, 2.45) is 22.7 Å². The highest BCUT2D eigenvalue weighted by Gasteiger charge is 2.62. The topological polar surface area (TPSA) is 20.3 Å².